The first-order valence-corrected chi connectivity index (χ1v) is 4.48. The molecule has 0 heterocycles. The fourth-order valence-electron chi connectivity index (χ4n) is 0.988. The molecule has 0 saturated carbocycles. The van der Waals surface area contributed by atoms with Gasteiger partial charge in [0.1, 0.15) is 0 Å². The predicted octanol–water partition coefficient (Wildman–Crippen LogP) is 1.84. The number of carbonyl (C=O) groups is 1. The molecule has 0 aromatic rings. The van der Waals surface area contributed by atoms with Crippen molar-refractivity contribution in [2.45, 2.75) is 40.2 Å². The molecule has 0 aliphatic carbocycles. The van der Waals surface area contributed by atoms with Crippen LogP contribution in [0.4, 0.5) is 0 Å². The van der Waals surface area contributed by atoms with Crippen LogP contribution in [0.2, 0.25) is 0 Å². The van der Waals surface area contributed by atoms with Gasteiger partial charge >= 0.3 is 5.97 Å². The third kappa shape index (κ3) is 7.37. The average Bonchev–Trinajstić information content (AvgIpc) is 1.81. The molecule has 0 saturated heterocycles. The van der Waals surface area contributed by atoms with Gasteiger partial charge in [0, 0.05) is 17.3 Å². The van der Waals surface area contributed by atoms with E-state index in [-0.39, 0.29) is 11.5 Å². The van der Waals surface area contributed by atoms with Gasteiger partial charge in [-0.1, -0.05) is 0 Å². The van der Waals surface area contributed by atoms with E-state index in [2.05, 4.69) is 5.32 Å². The van der Waals surface area contributed by atoms with E-state index < -0.39 is 0 Å². The number of nitrogens with one attached hydrogen (secondary N) is 1. The van der Waals surface area contributed by atoms with E-state index in [1.54, 1.807) is 6.92 Å². The Labute approximate surface area is 80.2 Å². The number of carbonyl (C=O) groups excluding carboxylic acids is 1. The standard InChI is InChI=1S/C10H19NO2/c1-6-13-9(12)7-8(2)11-10(3,4)5/h7,11H,6H2,1-5H3. The molecule has 0 aromatic carbocycles. The molecule has 0 radical (unpaired) electrons. The predicted molar refractivity (Wildman–Crippen MR) is 53.3 cm³/mol. The Morgan fingerprint density at radius 3 is 2.38 bits per heavy atom. The first-order valence-electron chi connectivity index (χ1n) is 4.48. The second-order valence-electron chi connectivity index (χ2n) is 3.95. The molecule has 0 aliphatic heterocycles. The lowest BCUT2D eigenvalue weighted by Gasteiger charge is -2.22. The van der Waals surface area contributed by atoms with E-state index >= 15 is 0 Å². The topological polar surface area (TPSA) is 38.3 Å². The minimum Gasteiger partial charge on any atom is -0.463 e. The Morgan fingerprint density at radius 2 is 2.00 bits per heavy atom. The Bertz CT molecular complexity index is 201. The molecule has 0 unspecified atom stereocenters. The van der Waals surface area contributed by atoms with Gasteiger partial charge in [-0.2, -0.15) is 0 Å². The highest BCUT2D eigenvalue weighted by molar-refractivity contribution is 5.82. The fourth-order valence-corrected chi connectivity index (χ4v) is 0.988. The van der Waals surface area contributed by atoms with Crippen LogP contribution in [-0.2, 0) is 9.53 Å². The molecule has 0 aromatic heterocycles. The molecule has 0 amide bonds. The Balaban J connectivity index is 4.09. The van der Waals surface area contributed by atoms with Crippen molar-refractivity contribution >= 4 is 5.97 Å². The maximum atomic E-state index is 11.0. The molecule has 0 bridgehead atoms. The van der Waals surface area contributed by atoms with Crippen molar-refractivity contribution in [1.29, 1.82) is 0 Å². The summed E-state index contributed by atoms with van der Waals surface area (Å²) in [7, 11) is 0. The van der Waals surface area contributed by atoms with Crippen LogP contribution in [0.3, 0.4) is 0 Å². The van der Waals surface area contributed by atoms with Gasteiger partial charge < -0.3 is 10.1 Å². The second kappa shape index (κ2) is 4.90. The summed E-state index contributed by atoms with van der Waals surface area (Å²) in [6.45, 7) is 10.2. The van der Waals surface area contributed by atoms with Crippen molar-refractivity contribution in [3.8, 4) is 0 Å². The van der Waals surface area contributed by atoms with E-state index in [4.69, 9.17) is 4.74 Å². The van der Waals surface area contributed by atoms with Gasteiger partial charge in [0.15, 0.2) is 0 Å². The number of rotatable bonds is 3. The average molecular weight is 185 g/mol. The molecule has 0 atom stereocenters. The summed E-state index contributed by atoms with van der Waals surface area (Å²) >= 11 is 0. The number of hydrogen-bond donors (Lipinski definition) is 1. The number of allylic oxidation sites excluding steroid dienone is 1. The van der Waals surface area contributed by atoms with Crippen LogP contribution in [0.25, 0.3) is 0 Å². The molecule has 1 N–H and O–H groups in total. The highest BCUT2D eigenvalue weighted by Crippen LogP contribution is 2.02. The summed E-state index contributed by atoms with van der Waals surface area (Å²) in [4.78, 5) is 11.0. The molecular formula is C10H19NO2. The summed E-state index contributed by atoms with van der Waals surface area (Å²) in [6.07, 6.45) is 1.47. The van der Waals surface area contributed by atoms with Crippen molar-refractivity contribution in [3.05, 3.63) is 11.8 Å². The quantitative estimate of drug-likeness (QED) is 0.538. The third-order valence-electron chi connectivity index (χ3n) is 1.19. The van der Waals surface area contributed by atoms with E-state index in [0.717, 1.165) is 5.70 Å². The smallest absolute Gasteiger partial charge is 0.332 e. The second-order valence-corrected chi connectivity index (χ2v) is 3.95. The third-order valence-corrected chi connectivity index (χ3v) is 1.19. The maximum Gasteiger partial charge on any atom is 0.332 e. The highest BCUT2D eigenvalue weighted by Gasteiger charge is 2.09. The summed E-state index contributed by atoms with van der Waals surface area (Å²) in [6, 6.07) is 0. The first kappa shape index (κ1) is 12.0. The van der Waals surface area contributed by atoms with E-state index in [0.29, 0.717) is 6.61 Å². The van der Waals surface area contributed by atoms with Crippen LogP contribution in [-0.4, -0.2) is 18.1 Å². The first-order chi connectivity index (χ1) is 5.85. The zero-order valence-electron chi connectivity index (χ0n) is 9.10. The van der Waals surface area contributed by atoms with E-state index in [1.165, 1.54) is 6.08 Å². The minimum atomic E-state index is -0.295. The van der Waals surface area contributed by atoms with Crippen LogP contribution >= 0.6 is 0 Å². The monoisotopic (exact) mass is 185 g/mol. The summed E-state index contributed by atoms with van der Waals surface area (Å²) in [5.74, 6) is -0.295. The Hall–Kier alpha value is -0.990. The molecule has 0 aliphatic rings. The van der Waals surface area contributed by atoms with Gasteiger partial charge in [-0.05, 0) is 34.6 Å². The minimum absolute atomic E-state index is 0.0208. The summed E-state index contributed by atoms with van der Waals surface area (Å²) < 4.78 is 4.77. The SMILES string of the molecule is CCOC(=O)C=C(C)NC(C)(C)C. The van der Waals surface area contributed by atoms with Crippen molar-refractivity contribution in [3.63, 3.8) is 0 Å². The molecular weight excluding hydrogens is 166 g/mol. The number of esters is 1. The number of hydrogen-bond acceptors (Lipinski definition) is 3. The van der Waals surface area contributed by atoms with Gasteiger partial charge in [0.05, 0.1) is 6.61 Å². The van der Waals surface area contributed by atoms with Crippen LogP contribution in [0.15, 0.2) is 11.8 Å². The molecule has 76 valence electrons. The fraction of sp³-hybridized carbons (Fsp3) is 0.700. The normalized spacial score (nSPS) is 12.5. The van der Waals surface area contributed by atoms with Gasteiger partial charge in [0.2, 0.25) is 0 Å². The highest BCUT2D eigenvalue weighted by atomic mass is 16.5. The van der Waals surface area contributed by atoms with Crippen LogP contribution in [0.5, 0.6) is 0 Å². The van der Waals surface area contributed by atoms with Crippen LogP contribution in [0, 0.1) is 0 Å². The molecule has 3 nitrogen and oxygen atoms in total. The lowest BCUT2D eigenvalue weighted by Crippen LogP contribution is -2.34. The lowest BCUT2D eigenvalue weighted by molar-refractivity contribution is -0.137. The van der Waals surface area contributed by atoms with Crippen molar-refractivity contribution < 1.29 is 9.53 Å². The Kier molecular flexibility index (Phi) is 4.52. The summed E-state index contributed by atoms with van der Waals surface area (Å²) in [5, 5.41) is 3.17. The van der Waals surface area contributed by atoms with Gasteiger partial charge in [-0.25, -0.2) is 4.79 Å². The summed E-state index contributed by atoms with van der Waals surface area (Å²) in [5.41, 5.74) is 0.804. The Morgan fingerprint density at radius 1 is 1.46 bits per heavy atom. The van der Waals surface area contributed by atoms with Crippen molar-refractivity contribution in [2.75, 3.05) is 6.61 Å². The zero-order chi connectivity index (χ0) is 10.5. The molecule has 0 rings (SSSR count). The largest absolute Gasteiger partial charge is 0.463 e. The van der Waals surface area contributed by atoms with E-state index in [1.807, 2.05) is 27.7 Å². The molecule has 0 spiro atoms. The zero-order valence-corrected chi connectivity index (χ0v) is 9.10. The van der Waals surface area contributed by atoms with Crippen LogP contribution < -0.4 is 5.32 Å². The van der Waals surface area contributed by atoms with Crippen molar-refractivity contribution in [2.24, 2.45) is 0 Å². The van der Waals surface area contributed by atoms with E-state index in [9.17, 15) is 4.79 Å². The molecule has 0 fully saturated rings. The van der Waals surface area contributed by atoms with Crippen molar-refractivity contribution in [1.82, 2.24) is 5.32 Å². The molecule has 3 heteroatoms. The van der Waals surface area contributed by atoms with Gasteiger partial charge in [0.25, 0.3) is 0 Å². The van der Waals surface area contributed by atoms with Gasteiger partial charge in [-0.15, -0.1) is 0 Å². The molecule has 13 heavy (non-hydrogen) atoms. The maximum absolute atomic E-state index is 11.0. The van der Waals surface area contributed by atoms with Crippen LogP contribution in [0.1, 0.15) is 34.6 Å². The lowest BCUT2D eigenvalue weighted by atomic mass is 10.1. The number of ether oxygens (including phenoxy) is 1. The van der Waals surface area contributed by atoms with Gasteiger partial charge in [-0.3, -0.25) is 0 Å².